The van der Waals surface area contributed by atoms with E-state index in [0.717, 1.165) is 49.8 Å². The molecule has 0 aliphatic carbocycles. The molecule has 22 nitrogen and oxygen atoms in total. The van der Waals surface area contributed by atoms with Gasteiger partial charge in [-0.25, -0.2) is 58.6 Å². The van der Waals surface area contributed by atoms with Gasteiger partial charge in [0.2, 0.25) is 17.6 Å². The molecule has 6 fully saturated rings. The molecule has 15 rings (SSSR count). The minimum absolute atomic E-state index is 0.0138. The maximum atomic E-state index is 14.8. The second-order valence-electron chi connectivity index (χ2n) is 23.7. The number of alkyl halides is 9. The SMILES string of the molecule is Cc1cccc(C(=O)N2C3CCC2C(Oc2cnc(C(F)(F)F)cn2)C3)c1-n1nccn1.O=C(c1c(F)cccc1-c1ncccn1)N1C2CCC1C(Oc1cnc(C(F)(F)F)cn1)C2.O=C(c1cc(F)ccc1-c1ncccn1)N1C2CCC1C(Oc1cnc(C(F)(F)F)cn1)C2. The van der Waals surface area contributed by atoms with Crippen LogP contribution in [0.15, 0.2) is 141 Å². The summed E-state index contributed by atoms with van der Waals surface area (Å²) in [4.78, 5) is 85.0. The number of hydrogen-bond acceptors (Lipinski definition) is 18. The molecule has 0 radical (unpaired) electrons. The number of amides is 3. The molecule has 6 bridgehead atoms. The molecule has 0 saturated carbocycles. The van der Waals surface area contributed by atoms with Gasteiger partial charge in [-0.15, -0.1) is 0 Å². The quantitative estimate of drug-likeness (QED) is 0.103. The first-order chi connectivity index (χ1) is 47.0. The van der Waals surface area contributed by atoms with Crippen LogP contribution in [0.5, 0.6) is 17.6 Å². The Bertz CT molecular complexity index is 4360. The Kier molecular flexibility index (Phi) is 17.9. The smallest absolute Gasteiger partial charge is 0.434 e. The van der Waals surface area contributed by atoms with Gasteiger partial charge in [0, 0.05) is 73.3 Å². The van der Waals surface area contributed by atoms with Crippen LogP contribution >= 0.6 is 0 Å². The third-order valence-corrected chi connectivity index (χ3v) is 17.9. The second-order valence-corrected chi connectivity index (χ2v) is 23.7. The molecule has 6 aliphatic heterocycles. The normalized spacial score (nSPS) is 22.1. The van der Waals surface area contributed by atoms with Crippen molar-refractivity contribution in [3.63, 3.8) is 0 Å². The predicted molar refractivity (Wildman–Crippen MR) is 318 cm³/mol. The molecule has 9 aromatic rings. The Labute approximate surface area is 548 Å². The second kappa shape index (κ2) is 26.7. The highest BCUT2D eigenvalue weighted by Gasteiger charge is 2.54. The van der Waals surface area contributed by atoms with Crippen molar-refractivity contribution in [2.75, 3.05) is 0 Å². The fourth-order valence-electron chi connectivity index (χ4n) is 13.7. The Morgan fingerprint density at radius 1 is 0.439 bits per heavy atom. The Morgan fingerprint density at radius 2 is 0.857 bits per heavy atom. The van der Waals surface area contributed by atoms with Crippen LogP contribution in [0.4, 0.5) is 48.3 Å². The van der Waals surface area contributed by atoms with Crippen LogP contribution in [0, 0.1) is 18.6 Å². The van der Waals surface area contributed by atoms with E-state index < -0.39 is 65.4 Å². The molecule has 506 valence electrons. The van der Waals surface area contributed by atoms with E-state index in [0.29, 0.717) is 73.3 Å². The van der Waals surface area contributed by atoms with Crippen molar-refractivity contribution in [1.82, 2.24) is 79.5 Å². The van der Waals surface area contributed by atoms with E-state index in [1.165, 1.54) is 59.9 Å². The van der Waals surface area contributed by atoms with Crippen molar-refractivity contribution in [1.29, 1.82) is 0 Å². The van der Waals surface area contributed by atoms with Crippen molar-refractivity contribution < 1.29 is 76.9 Å². The molecule has 3 aromatic carbocycles. The van der Waals surface area contributed by atoms with Gasteiger partial charge in [0.25, 0.3) is 17.7 Å². The van der Waals surface area contributed by atoms with E-state index in [1.807, 2.05) is 24.0 Å². The number of ether oxygens (including phenoxy) is 3. The minimum Gasteiger partial charge on any atom is -0.471 e. The molecule has 0 N–H and O–H groups in total. The number of aryl methyl sites for hydroxylation is 1. The third-order valence-electron chi connectivity index (χ3n) is 17.9. The number of rotatable bonds is 12. The van der Waals surface area contributed by atoms with Crippen molar-refractivity contribution in [2.45, 2.75) is 138 Å². The Morgan fingerprint density at radius 3 is 1.29 bits per heavy atom. The predicted octanol–water partition coefficient (Wildman–Crippen LogP) is 11.0. The van der Waals surface area contributed by atoms with Crippen LogP contribution in [-0.2, 0) is 18.5 Å². The average Bonchev–Trinajstić information content (AvgIpc) is 1.60. The Balaban J connectivity index is 0.000000132. The summed E-state index contributed by atoms with van der Waals surface area (Å²) in [5.74, 6) is -1.78. The largest absolute Gasteiger partial charge is 0.471 e. The minimum atomic E-state index is -4.60. The Hall–Kier alpha value is -10.8. The summed E-state index contributed by atoms with van der Waals surface area (Å²) in [6.45, 7) is 1.89. The van der Waals surface area contributed by atoms with Crippen molar-refractivity contribution >= 4 is 17.7 Å². The number of halogens is 11. The molecular weight excluding hydrogens is 1310 g/mol. The van der Waals surface area contributed by atoms with Gasteiger partial charge in [-0.2, -0.15) is 54.5 Å². The first-order valence-corrected chi connectivity index (χ1v) is 30.7. The van der Waals surface area contributed by atoms with Gasteiger partial charge < -0.3 is 28.9 Å². The fraction of sp³-hybridized carbons (Fsp3) is 0.338. The molecular formula is C65H53F11N16O6. The zero-order valence-electron chi connectivity index (χ0n) is 51.1. The maximum Gasteiger partial charge on any atom is 0.434 e. The third kappa shape index (κ3) is 13.4. The van der Waals surface area contributed by atoms with Crippen LogP contribution in [0.2, 0.25) is 0 Å². The zero-order chi connectivity index (χ0) is 68.8. The molecule has 6 aliphatic rings. The summed E-state index contributed by atoms with van der Waals surface area (Å²) in [5, 5.41) is 8.36. The molecule has 6 saturated heterocycles. The van der Waals surface area contributed by atoms with E-state index in [9.17, 15) is 62.7 Å². The highest BCUT2D eigenvalue weighted by molar-refractivity contribution is 6.02. The van der Waals surface area contributed by atoms with E-state index in [1.54, 1.807) is 46.5 Å². The summed E-state index contributed by atoms with van der Waals surface area (Å²) in [7, 11) is 0. The number of benzene rings is 3. The highest BCUT2D eigenvalue weighted by atomic mass is 19.4. The number of fused-ring (bicyclic) bond motifs is 6. The maximum absolute atomic E-state index is 14.8. The summed E-state index contributed by atoms with van der Waals surface area (Å²) in [6.07, 6.45) is 4.73. The lowest BCUT2D eigenvalue weighted by molar-refractivity contribution is -0.142. The number of carbonyl (C=O) groups is 3. The summed E-state index contributed by atoms with van der Waals surface area (Å²) in [6, 6.07) is 15.7. The summed E-state index contributed by atoms with van der Waals surface area (Å²) < 4.78 is 161. The highest BCUT2D eigenvalue weighted by Crippen LogP contribution is 2.45. The first-order valence-electron chi connectivity index (χ1n) is 30.7. The fourth-order valence-corrected chi connectivity index (χ4v) is 13.7. The van der Waals surface area contributed by atoms with Gasteiger partial charge in [-0.1, -0.05) is 24.3 Å². The van der Waals surface area contributed by atoms with Gasteiger partial charge in [0.05, 0.1) is 84.4 Å². The molecule has 3 amide bonds. The van der Waals surface area contributed by atoms with Gasteiger partial charge in [0.15, 0.2) is 28.7 Å². The van der Waals surface area contributed by atoms with Gasteiger partial charge in [0.1, 0.15) is 35.6 Å². The van der Waals surface area contributed by atoms with Gasteiger partial charge >= 0.3 is 18.5 Å². The van der Waals surface area contributed by atoms with E-state index >= 15 is 0 Å². The van der Waals surface area contributed by atoms with Gasteiger partial charge in [-0.05, 0) is 93.5 Å². The van der Waals surface area contributed by atoms with E-state index in [-0.39, 0.29) is 94.3 Å². The molecule has 0 spiro atoms. The van der Waals surface area contributed by atoms with Crippen LogP contribution in [0.25, 0.3) is 28.5 Å². The standard InChI is InChI=1S/2C22H17F4N5O2.C21H19F3N6O2/c23-12-2-4-14(20-27-6-1-7-28-20)15(8-12)21(32)31-13-3-5-16(31)17(9-13)33-19-11-29-18(10-30-19)22(24,25)26;23-14-4-1-3-13(20-27-7-2-8-28-20)19(14)21(32)31-12-5-6-15(31)16(9-12)33-18-11-29-17(10-30-18)22(24,25)26;1-12-3-2-4-14(19(12)30-27-7-8-28-30)20(31)29-13-5-6-15(29)16(9-13)32-18-11-25-17(10-26-18)21(22,23)24/h1-2,4,6-8,10-11,13,16-17H,3,5,9H2;1-4,7-8,10-12,15-16H,5-6,9H2;2-4,7-8,10-11,13,15-16H,5-6,9H2,1H3. The summed E-state index contributed by atoms with van der Waals surface area (Å²) >= 11 is 0. The number of carbonyl (C=O) groups excluding carboxylic acids is 3. The van der Waals surface area contributed by atoms with Crippen LogP contribution in [0.1, 0.15) is 112 Å². The van der Waals surface area contributed by atoms with E-state index in [4.69, 9.17) is 14.2 Å². The van der Waals surface area contributed by atoms with Crippen LogP contribution in [-0.4, -0.2) is 152 Å². The lowest BCUT2D eigenvalue weighted by Crippen LogP contribution is -2.40. The number of para-hydroxylation sites is 1. The number of aromatic nitrogens is 13. The van der Waals surface area contributed by atoms with Crippen molar-refractivity contribution in [3.8, 4) is 46.1 Å². The number of hydrogen-bond donors (Lipinski definition) is 0. The van der Waals surface area contributed by atoms with Crippen molar-refractivity contribution in [2.24, 2.45) is 0 Å². The van der Waals surface area contributed by atoms with Gasteiger partial charge in [-0.3, -0.25) is 14.4 Å². The average molecular weight is 1360 g/mol. The van der Waals surface area contributed by atoms with Crippen LogP contribution in [0.3, 0.4) is 0 Å². The molecule has 12 heterocycles. The lowest BCUT2D eigenvalue weighted by Gasteiger charge is -2.25. The van der Waals surface area contributed by atoms with E-state index in [2.05, 4.69) is 60.0 Å². The number of nitrogens with zero attached hydrogens (tertiary/aromatic N) is 16. The molecule has 33 heteroatoms. The molecule has 9 unspecified atom stereocenters. The molecule has 9 atom stereocenters. The first kappa shape index (κ1) is 65.9. The molecule has 6 aromatic heterocycles. The molecule has 98 heavy (non-hydrogen) atoms. The topological polar surface area (TPSA) is 248 Å². The lowest BCUT2D eigenvalue weighted by atomic mass is 9.98. The van der Waals surface area contributed by atoms with Crippen molar-refractivity contribution in [3.05, 3.63) is 192 Å². The monoisotopic (exact) mass is 1360 g/mol. The van der Waals surface area contributed by atoms with Crippen LogP contribution < -0.4 is 14.2 Å². The zero-order valence-corrected chi connectivity index (χ0v) is 51.1. The summed E-state index contributed by atoms with van der Waals surface area (Å²) in [5.41, 5.74) is -0.578.